The number of benzene rings is 2. The second-order valence-corrected chi connectivity index (χ2v) is 7.44. The van der Waals surface area contributed by atoms with Crippen LogP contribution in [0.3, 0.4) is 0 Å². The first-order valence-electron chi connectivity index (χ1n) is 10.6. The lowest BCUT2D eigenvalue weighted by Crippen LogP contribution is -2.47. The number of rotatable bonds is 7. The van der Waals surface area contributed by atoms with Gasteiger partial charge >= 0.3 is 0 Å². The molecule has 0 spiro atoms. The average molecular weight is 425 g/mol. The first-order chi connectivity index (χ1) is 15.1. The van der Waals surface area contributed by atoms with E-state index in [9.17, 15) is 4.79 Å². The van der Waals surface area contributed by atoms with Crippen molar-refractivity contribution in [2.75, 3.05) is 40.9 Å². The maximum absolute atomic E-state index is 12.8. The molecule has 1 aliphatic heterocycles. The molecule has 166 valence electrons. The van der Waals surface area contributed by atoms with Crippen LogP contribution in [0.5, 0.6) is 11.5 Å². The van der Waals surface area contributed by atoms with Crippen molar-refractivity contribution in [3.8, 4) is 11.5 Å². The van der Waals surface area contributed by atoms with Gasteiger partial charge in [-0.2, -0.15) is 0 Å². The molecule has 0 unspecified atom stereocenters. The number of carbonyl (C=O) groups excluding carboxylic acids is 1. The number of methoxy groups -OCH3 is 2. The lowest BCUT2D eigenvalue weighted by Gasteiger charge is -2.32. The summed E-state index contributed by atoms with van der Waals surface area (Å²) in [5, 5.41) is 3.25. The molecule has 7 nitrogen and oxygen atoms in total. The van der Waals surface area contributed by atoms with Crippen LogP contribution in [0.2, 0.25) is 0 Å². The molecule has 1 aliphatic rings. The molecule has 0 saturated carbocycles. The van der Waals surface area contributed by atoms with Crippen LogP contribution in [0, 0.1) is 0 Å². The van der Waals surface area contributed by atoms with Gasteiger partial charge in [0.2, 0.25) is 5.91 Å². The fourth-order valence-corrected chi connectivity index (χ4v) is 3.84. The maximum atomic E-state index is 12.8. The topological polar surface area (TPSA) is 66.4 Å². The summed E-state index contributed by atoms with van der Waals surface area (Å²) in [4.78, 5) is 21.2. The monoisotopic (exact) mass is 424 g/mol. The van der Waals surface area contributed by atoms with Crippen molar-refractivity contribution in [2.24, 2.45) is 4.99 Å². The summed E-state index contributed by atoms with van der Waals surface area (Å²) in [7, 11) is 5.05. The van der Waals surface area contributed by atoms with Gasteiger partial charge in [0, 0.05) is 33.2 Å². The van der Waals surface area contributed by atoms with Crippen LogP contribution in [-0.4, -0.2) is 62.6 Å². The van der Waals surface area contributed by atoms with Gasteiger partial charge in [0.15, 0.2) is 17.5 Å². The van der Waals surface area contributed by atoms with Crippen molar-refractivity contribution in [3.63, 3.8) is 0 Å². The van der Waals surface area contributed by atoms with Gasteiger partial charge in [-0.1, -0.05) is 30.3 Å². The van der Waals surface area contributed by atoms with Gasteiger partial charge < -0.3 is 24.6 Å². The Balaban J connectivity index is 1.62. The molecule has 2 aromatic carbocycles. The molecule has 0 aliphatic carbocycles. The van der Waals surface area contributed by atoms with Crippen LogP contribution in [-0.2, 0) is 24.3 Å². The van der Waals surface area contributed by atoms with E-state index in [1.165, 1.54) is 11.1 Å². The highest BCUT2D eigenvalue weighted by molar-refractivity contribution is 5.86. The number of ether oxygens (including phenoxy) is 2. The minimum atomic E-state index is 0.0521. The van der Waals surface area contributed by atoms with E-state index in [1.807, 2.05) is 54.3 Å². The number of hydrogen-bond acceptors (Lipinski definition) is 4. The van der Waals surface area contributed by atoms with Gasteiger partial charge in [0.1, 0.15) is 0 Å². The summed E-state index contributed by atoms with van der Waals surface area (Å²) in [5.41, 5.74) is 3.55. The van der Waals surface area contributed by atoms with Gasteiger partial charge in [-0.3, -0.25) is 9.79 Å². The number of hydrogen-bond donors (Lipinski definition) is 1. The third-order valence-corrected chi connectivity index (χ3v) is 5.58. The van der Waals surface area contributed by atoms with Gasteiger partial charge in [-0.25, -0.2) is 0 Å². The van der Waals surface area contributed by atoms with E-state index in [2.05, 4.69) is 15.2 Å². The number of nitrogens with one attached hydrogen (secondary N) is 1. The fourth-order valence-electron chi connectivity index (χ4n) is 3.84. The van der Waals surface area contributed by atoms with Crippen LogP contribution in [0.1, 0.15) is 23.6 Å². The van der Waals surface area contributed by atoms with E-state index >= 15 is 0 Å². The third-order valence-electron chi connectivity index (χ3n) is 5.58. The Morgan fingerprint density at radius 3 is 2.42 bits per heavy atom. The smallest absolute Gasteiger partial charge is 0.242 e. The Bertz CT molecular complexity index is 915. The number of amides is 1. The molecule has 1 N–H and O–H groups in total. The van der Waals surface area contributed by atoms with Gasteiger partial charge in [0.05, 0.1) is 20.8 Å². The molecule has 31 heavy (non-hydrogen) atoms. The summed E-state index contributed by atoms with van der Waals surface area (Å²) in [6.45, 7) is 4.99. The fraction of sp³-hybridized carbons (Fsp3) is 0.417. The van der Waals surface area contributed by atoms with Crippen LogP contribution < -0.4 is 14.8 Å². The summed E-state index contributed by atoms with van der Waals surface area (Å²) in [5.74, 6) is 2.25. The second kappa shape index (κ2) is 10.7. The Hall–Kier alpha value is -3.22. The standard InChI is InChI=1S/C24H32N4O3/c1-5-27(16-18-9-7-6-8-10-18)23(29)15-26-24(25-2)28-12-11-19-13-21(30-3)22(31-4)14-20(19)17-28/h6-10,13-14H,5,11-12,15-17H2,1-4H3,(H,25,26). The quantitative estimate of drug-likeness (QED) is 0.547. The van der Waals surface area contributed by atoms with Crippen molar-refractivity contribution in [1.29, 1.82) is 0 Å². The van der Waals surface area contributed by atoms with E-state index in [-0.39, 0.29) is 12.5 Å². The van der Waals surface area contributed by atoms with E-state index in [1.54, 1.807) is 21.3 Å². The van der Waals surface area contributed by atoms with Crippen LogP contribution in [0.4, 0.5) is 0 Å². The van der Waals surface area contributed by atoms with Crippen molar-refractivity contribution in [2.45, 2.75) is 26.4 Å². The van der Waals surface area contributed by atoms with Gasteiger partial charge in [-0.05, 0) is 42.2 Å². The summed E-state index contributed by atoms with van der Waals surface area (Å²) in [6, 6.07) is 14.1. The molecule has 1 heterocycles. The second-order valence-electron chi connectivity index (χ2n) is 7.44. The molecular weight excluding hydrogens is 392 g/mol. The van der Waals surface area contributed by atoms with Crippen LogP contribution in [0.25, 0.3) is 0 Å². The Labute approximate surface area is 184 Å². The van der Waals surface area contributed by atoms with E-state index in [4.69, 9.17) is 9.47 Å². The minimum absolute atomic E-state index is 0.0521. The summed E-state index contributed by atoms with van der Waals surface area (Å²) in [6.07, 6.45) is 0.874. The number of guanidine groups is 1. The van der Waals surface area contributed by atoms with Gasteiger partial charge in [0.25, 0.3) is 0 Å². The highest BCUT2D eigenvalue weighted by Gasteiger charge is 2.22. The number of fused-ring (bicyclic) bond motifs is 1. The minimum Gasteiger partial charge on any atom is -0.493 e. The van der Waals surface area contributed by atoms with Crippen LogP contribution in [0.15, 0.2) is 47.5 Å². The number of aliphatic imine (C=N–C) groups is 1. The molecule has 1 amide bonds. The first-order valence-corrected chi connectivity index (χ1v) is 10.6. The largest absolute Gasteiger partial charge is 0.493 e. The third kappa shape index (κ3) is 5.48. The molecular formula is C24H32N4O3. The Morgan fingerprint density at radius 2 is 1.81 bits per heavy atom. The Morgan fingerprint density at radius 1 is 1.13 bits per heavy atom. The van der Waals surface area contributed by atoms with Crippen molar-refractivity contribution < 1.29 is 14.3 Å². The molecule has 3 rings (SSSR count). The van der Waals surface area contributed by atoms with Crippen molar-refractivity contribution in [3.05, 3.63) is 59.2 Å². The molecule has 7 heteroatoms. The Kier molecular flexibility index (Phi) is 7.76. The zero-order chi connectivity index (χ0) is 22.2. The molecule has 0 radical (unpaired) electrons. The molecule has 0 aromatic heterocycles. The van der Waals surface area contributed by atoms with E-state index in [0.29, 0.717) is 19.6 Å². The number of carbonyl (C=O) groups is 1. The first kappa shape index (κ1) is 22.5. The number of likely N-dealkylation sites (N-methyl/N-ethyl adjacent to an activating group) is 1. The highest BCUT2D eigenvalue weighted by atomic mass is 16.5. The molecule has 2 aromatic rings. The lowest BCUT2D eigenvalue weighted by atomic mass is 9.99. The lowest BCUT2D eigenvalue weighted by molar-refractivity contribution is -0.130. The average Bonchev–Trinajstić information content (AvgIpc) is 2.82. The highest BCUT2D eigenvalue weighted by Crippen LogP contribution is 2.33. The SMILES string of the molecule is CCN(Cc1ccccc1)C(=O)CNC(=NC)N1CCc2cc(OC)c(OC)cc2C1. The number of nitrogens with zero attached hydrogens (tertiary/aromatic N) is 3. The van der Waals surface area contributed by atoms with Crippen molar-refractivity contribution >= 4 is 11.9 Å². The maximum Gasteiger partial charge on any atom is 0.242 e. The molecule has 0 saturated heterocycles. The van der Waals surface area contributed by atoms with Crippen LogP contribution >= 0.6 is 0 Å². The summed E-state index contributed by atoms with van der Waals surface area (Å²) >= 11 is 0. The van der Waals surface area contributed by atoms with Gasteiger partial charge in [-0.15, -0.1) is 0 Å². The molecule has 0 fully saturated rings. The zero-order valence-corrected chi connectivity index (χ0v) is 18.9. The molecule has 0 atom stereocenters. The zero-order valence-electron chi connectivity index (χ0n) is 18.9. The molecule has 0 bridgehead atoms. The summed E-state index contributed by atoms with van der Waals surface area (Å²) < 4.78 is 10.9. The predicted molar refractivity (Wildman–Crippen MR) is 123 cm³/mol. The van der Waals surface area contributed by atoms with Crippen molar-refractivity contribution in [1.82, 2.24) is 15.1 Å². The normalized spacial score (nSPS) is 13.4. The van der Waals surface area contributed by atoms with E-state index < -0.39 is 0 Å². The van der Waals surface area contributed by atoms with E-state index in [0.717, 1.165) is 36.0 Å². The predicted octanol–water partition coefficient (Wildman–Crippen LogP) is 2.69.